The SMILES string of the molecule is Cc1ccc(F)c(C(=O)CCC2CCCCO2)c1. The topological polar surface area (TPSA) is 26.3 Å². The highest BCUT2D eigenvalue weighted by Crippen LogP contribution is 2.19. The number of carbonyl (C=O) groups is 1. The van der Waals surface area contributed by atoms with Crippen LogP contribution in [-0.2, 0) is 4.74 Å². The van der Waals surface area contributed by atoms with Crippen LogP contribution in [0, 0.1) is 12.7 Å². The molecule has 1 aliphatic heterocycles. The second-order valence-electron chi connectivity index (χ2n) is 4.93. The van der Waals surface area contributed by atoms with Crippen LogP contribution in [0.4, 0.5) is 4.39 Å². The Kier molecular flexibility index (Phi) is 4.48. The van der Waals surface area contributed by atoms with E-state index in [-0.39, 0.29) is 17.5 Å². The smallest absolute Gasteiger partial charge is 0.165 e. The van der Waals surface area contributed by atoms with Crippen molar-refractivity contribution >= 4 is 5.78 Å². The zero-order chi connectivity index (χ0) is 13.0. The maximum absolute atomic E-state index is 13.5. The minimum absolute atomic E-state index is 0.120. The maximum Gasteiger partial charge on any atom is 0.165 e. The number of ketones is 1. The van der Waals surface area contributed by atoms with Crippen molar-refractivity contribution in [1.29, 1.82) is 0 Å². The van der Waals surface area contributed by atoms with Crippen LogP contribution in [0.5, 0.6) is 0 Å². The summed E-state index contributed by atoms with van der Waals surface area (Å²) in [5.41, 5.74) is 1.12. The molecule has 2 nitrogen and oxygen atoms in total. The number of ether oxygens (including phenoxy) is 1. The van der Waals surface area contributed by atoms with E-state index >= 15 is 0 Å². The number of hydrogen-bond donors (Lipinski definition) is 0. The Bertz CT molecular complexity index is 423. The number of Topliss-reactive ketones (excluding diaryl/α,β-unsaturated/α-hetero) is 1. The molecule has 1 fully saturated rings. The molecule has 0 aromatic heterocycles. The van der Waals surface area contributed by atoms with Crippen LogP contribution < -0.4 is 0 Å². The molecule has 1 aliphatic rings. The van der Waals surface area contributed by atoms with Crippen LogP contribution in [-0.4, -0.2) is 18.5 Å². The number of aryl methyl sites for hydroxylation is 1. The van der Waals surface area contributed by atoms with E-state index in [9.17, 15) is 9.18 Å². The van der Waals surface area contributed by atoms with Gasteiger partial charge in [-0.1, -0.05) is 11.6 Å². The Labute approximate surface area is 107 Å². The second kappa shape index (κ2) is 6.10. The van der Waals surface area contributed by atoms with E-state index in [1.165, 1.54) is 6.07 Å². The van der Waals surface area contributed by atoms with E-state index in [0.717, 1.165) is 31.4 Å². The summed E-state index contributed by atoms with van der Waals surface area (Å²) >= 11 is 0. The van der Waals surface area contributed by atoms with E-state index in [4.69, 9.17) is 4.74 Å². The predicted octanol–water partition coefficient (Wildman–Crippen LogP) is 3.67. The molecule has 1 atom stereocenters. The predicted molar refractivity (Wildman–Crippen MR) is 68.3 cm³/mol. The molecule has 0 saturated carbocycles. The molecule has 0 aliphatic carbocycles. The van der Waals surface area contributed by atoms with E-state index in [2.05, 4.69) is 0 Å². The number of carbonyl (C=O) groups excluding carboxylic acids is 1. The van der Waals surface area contributed by atoms with Crippen LogP contribution in [0.1, 0.15) is 48.0 Å². The number of halogens is 1. The Morgan fingerprint density at radius 1 is 1.44 bits per heavy atom. The van der Waals surface area contributed by atoms with Crippen LogP contribution in [0.15, 0.2) is 18.2 Å². The molecule has 98 valence electrons. The zero-order valence-electron chi connectivity index (χ0n) is 10.7. The Hall–Kier alpha value is -1.22. The minimum Gasteiger partial charge on any atom is -0.378 e. The average Bonchev–Trinajstić information content (AvgIpc) is 2.40. The molecule has 0 spiro atoms. The molecule has 0 bridgehead atoms. The lowest BCUT2D eigenvalue weighted by atomic mass is 9.99. The molecule has 2 rings (SSSR count). The Balaban J connectivity index is 1.92. The molecule has 1 aromatic carbocycles. The van der Waals surface area contributed by atoms with Crippen LogP contribution >= 0.6 is 0 Å². The first-order chi connectivity index (χ1) is 8.66. The zero-order valence-corrected chi connectivity index (χ0v) is 10.7. The van der Waals surface area contributed by atoms with Crippen molar-refractivity contribution in [3.05, 3.63) is 35.1 Å². The van der Waals surface area contributed by atoms with Gasteiger partial charge in [-0.05, 0) is 44.7 Å². The summed E-state index contributed by atoms with van der Waals surface area (Å²) in [5.74, 6) is -0.541. The fourth-order valence-corrected chi connectivity index (χ4v) is 2.31. The third kappa shape index (κ3) is 3.39. The molecule has 1 saturated heterocycles. The summed E-state index contributed by atoms with van der Waals surface area (Å²) in [6.45, 7) is 2.65. The normalized spacial score (nSPS) is 19.8. The summed E-state index contributed by atoms with van der Waals surface area (Å²) in [4.78, 5) is 12.0. The van der Waals surface area contributed by atoms with Gasteiger partial charge in [0.15, 0.2) is 5.78 Å². The lowest BCUT2D eigenvalue weighted by molar-refractivity contribution is 0.0104. The van der Waals surface area contributed by atoms with E-state index < -0.39 is 5.82 Å². The van der Waals surface area contributed by atoms with Gasteiger partial charge in [0, 0.05) is 13.0 Å². The third-order valence-electron chi connectivity index (χ3n) is 3.39. The number of hydrogen-bond acceptors (Lipinski definition) is 2. The van der Waals surface area contributed by atoms with Gasteiger partial charge in [0.2, 0.25) is 0 Å². The van der Waals surface area contributed by atoms with Gasteiger partial charge in [0.25, 0.3) is 0 Å². The molecule has 0 radical (unpaired) electrons. The van der Waals surface area contributed by atoms with Crippen LogP contribution in [0.3, 0.4) is 0 Å². The molecular formula is C15H19FO2. The van der Waals surface area contributed by atoms with Gasteiger partial charge < -0.3 is 4.74 Å². The van der Waals surface area contributed by atoms with Gasteiger partial charge in [0.05, 0.1) is 11.7 Å². The van der Waals surface area contributed by atoms with E-state index in [1.807, 2.05) is 6.92 Å². The van der Waals surface area contributed by atoms with Crippen molar-refractivity contribution in [3.63, 3.8) is 0 Å². The van der Waals surface area contributed by atoms with Gasteiger partial charge in [-0.2, -0.15) is 0 Å². The fourth-order valence-electron chi connectivity index (χ4n) is 2.31. The summed E-state index contributed by atoms with van der Waals surface area (Å²) in [6, 6.07) is 4.66. The first-order valence-electron chi connectivity index (χ1n) is 6.58. The van der Waals surface area contributed by atoms with E-state index in [1.54, 1.807) is 12.1 Å². The molecule has 1 unspecified atom stereocenters. The second-order valence-corrected chi connectivity index (χ2v) is 4.93. The Morgan fingerprint density at radius 3 is 3.00 bits per heavy atom. The van der Waals surface area contributed by atoms with Crippen molar-refractivity contribution in [3.8, 4) is 0 Å². The van der Waals surface area contributed by atoms with Crippen molar-refractivity contribution in [2.24, 2.45) is 0 Å². The van der Waals surface area contributed by atoms with E-state index in [0.29, 0.717) is 12.8 Å². The average molecular weight is 250 g/mol. The largest absolute Gasteiger partial charge is 0.378 e. The standard InChI is InChI=1S/C15H19FO2/c1-11-5-7-14(16)13(10-11)15(17)8-6-12-4-2-3-9-18-12/h5,7,10,12H,2-4,6,8-9H2,1H3. The van der Waals surface area contributed by atoms with Gasteiger partial charge >= 0.3 is 0 Å². The van der Waals surface area contributed by atoms with Gasteiger partial charge in [-0.25, -0.2) is 4.39 Å². The van der Waals surface area contributed by atoms with Crippen molar-refractivity contribution in [2.45, 2.75) is 45.1 Å². The molecule has 3 heteroatoms. The fraction of sp³-hybridized carbons (Fsp3) is 0.533. The Morgan fingerprint density at radius 2 is 2.28 bits per heavy atom. The summed E-state index contributed by atoms with van der Waals surface area (Å²) < 4.78 is 19.1. The molecule has 18 heavy (non-hydrogen) atoms. The lowest BCUT2D eigenvalue weighted by Gasteiger charge is -2.22. The summed E-state index contributed by atoms with van der Waals surface area (Å²) in [6.07, 6.45) is 4.53. The minimum atomic E-state index is -0.421. The quantitative estimate of drug-likeness (QED) is 0.762. The first-order valence-corrected chi connectivity index (χ1v) is 6.58. The highest BCUT2D eigenvalue weighted by atomic mass is 19.1. The van der Waals surface area contributed by atoms with Crippen molar-refractivity contribution in [1.82, 2.24) is 0 Å². The lowest BCUT2D eigenvalue weighted by Crippen LogP contribution is -2.20. The summed E-state index contributed by atoms with van der Waals surface area (Å²) in [5, 5.41) is 0. The van der Waals surface area contributed by atoms with Gasteiger partial charge in [-0.15, -0.1) is 0 Å². The van der Waals surface area contributed by atoms with Gasteiger partial charge in [0.1, 0.15) is 5.82 Å². The summed E-state index contributed by atoms with van der Waals surface area (Å²) in [7, 11) is 0. The molecular weight excluding hydrogens is 231 g/mol. The molecule has 1 aromatic rings. The maximum atomic E-state index is 13.5. The first kappa shape index (κ1) is 13.2. The molecule has 0 amide bonds. The van der Waals surface area contributed by atoms with Crippen LogP contribution in [0.25, 0.3) is 0 Å². The molecule has 0 N–H and O–H groups in total. The number of rotatable bonds is 4. The van der Waals surface area contributed by atoms with Crippen LogP contribution in [0.2, 0.25) is 0 Å². The molecule has 1 heterocycles. The number of benzene rings is 1. The van der Waals surface area contributed by atoms with Crippen molar-refractivity contribution < 1.29 is 13.9 Å². The van der Waals surface area contributed by atoms with Gasteiger partial charge in [-0.3, -0.25) is 4.79 Å². The third-order valence-corrected chi connectivity index (χ3v) is 3.39. The van der Waals surface area contributed by atoms with Crippen molar-refractivity contribution in [2.75, 3.05) is 6.61 Å². The monoisotopic (exact) mass is 250 g/mol. The highest BCUT2D eigenvalue weighted by Gasteiger charge is 2.17. The highest BCUT2D eigenvalue weighted by molar-refractivity contribution is 5.96.